The van der Waals surface area contributed by atoms with Crippen molar-refractivity contribution >= 4 is 5.91 Å². The van der Waals surface area contributed by atoms with E-state index in [0.717, 1.165) is 25.0 Å². The van der Waals surface area contributed by atoms with E-state index in [0.29, 0.717) is 19.0 Å². The van der Waals surface area contributed by atoms with Gasteiger partial charge in [-0.2, -0.15) is 0 Å². The van der Waals surface area contributed by atoms with Gasteiger partial charge in [0.2, 0.25) is 11.8 Å². The largest absolute Gasteiger partial charge is 0.475 e. The zero-order valence-corrected chi connectivity index (χ0v) is 14.1. The number of rotatable bonds is 8. The van der Waals surface area contributed by atoms with E-state index in [-0.39, 0.29) is 18.1 Å². The van der Waals surface area contributed by atoms with Gasteiger partial charge in [-0.15, -0.1) is 0 Å². The third kappa shape index (κ3) is 5.80. The summed E-state index contributed by atoms with van der Waals surface area (Å²) in [4.78, 5) is 16.3. The number of hydrogen-bond donors (Lipinski definition) is 1. The summed E-state index contributed by atoms with van der Waals surface area (Å²) in [5, 5.41) is 2.86. The predicted octanol–water partition coefficient (Wildman–Crippen LogP) is 2.07. The first-order valence-corrected chi connectivity index (χ1v) is 8.17. The summed E-state index contributed by atoms with van der Waals surface area (Å²) in [5.74, 6) is 0.401. The molecule has 0 bridgehead atoms. The lowest BCUT2D eigenvalue weighted by atomic mass is 10.2. The SMILES string of the molecule is CC(C)Oc1ncccc1CNC(=O)[C@@H](C)OC[C@@H]1CCCO1. The van der Waals surface area contributed by atoms with E-state index in [4.69, 9.17) is 14.2 Å². The van der Waals surface area contributed by atoms with Gasteiger partial charge in [-0.3, -0.25) is 4.79 Å². The molecule has 6 heteroatoms. The number of nitrogens with one attached hydrogen (secondary N) is 1. The zero-order valence-electron chi connectivity index (χ0n) is 14.1. The van der Waals surface area contributed by atoms with Gasteiger partial charge in [0.1, 0.15) is 6.10 Å². The van der Waals surface area contributed by atoms with Crippen LogP contribution in [0, 0.1) is 0 Å². The Labute approximate surface area is 137 Å². The molecule has 2 heterocycles. The average Bonchev–Trinajstić information content (AvgIpc) is 3.04. The van der Waals surface area contributed by atoms with Crippen molar-refractivity contribution in [3.05, 3.63) is 23.9 Å². The topological polar surface area (TPSA) is 69.7 Å². The monoisotopic (exact) mass is 322 g/mol. The van der Waals surface area contributed by atoms with E-state index < -0.39 is 6.10 Å². The molecule has 2 rings (SSSR count). The molecule has 0 aromatic carbocycles. The van der Waals surface area contributed by atoms with E-state index in [1.54, 1.807) is 13.1 Å². The fourth-order valence-electron chi connectivity index (χ4n) is 2.32. The Morgan fingerprint density at radius 1 is 1.48 bits per heavy atom. The second-order valence-electron chi connectivity index (χ2n) is 5.96. The Balaban J connectivity index is 1.79. The molecule has 1 aliphatic rings. The van der Waals surface area contributed by atoms with Crippen LogP contribution >= 0.6 is 0 Å². The molecule has 1 aliphatic heterocycles. The summed E-state index contributed by atoms with van der Waals surface area (Å²) in [7, 11) is 0. The van der Waals surface area contributed by atoms with Crippen molar-refractivity contribution < 1.29 is 19.0 Å². The Hall–Kier alpha value is -1.66. The molecule has 0 radical (unpaired) electrons. The summed E-state index contributed by atoms with van der Waals surface area (Å²) in [6, 6.07) is 3.72. The molecule has 1 N–H and O–H groups in total. The molecule has 1 amide bonds. The number of hydrogen-bond acceptors (Lipinski definition) is 5. The minimum Gasteiger partial charge on any atom is -0.475 e. The van der Waals surface area contributed by atoms with E-state index in [2.05, 4.69) is 10.3 Å². The van der Waals surface area contributed by atoms with E-state index in [1.807, 2.05) is 26.0 Å². The van der Waals surface area contributed by atoms with Crippen LogP contribution in [0.1, 0.15) is 39.2 Å². The highest BCUT2D eigenvalue weighted by Gasteiger charge is 2.20. The van der Waals surface area contributed by atoms with Gasteiger partial charge in [-0.25, -0.2) is 4.98 Å². The van der Waals surface area contributed by atoms with Crippen molar-refractivity contribution in [2.75, 3.05) is 13.2 Å². The number of nitrogens with zero attached hydrogens (tertiary/aromatic N) is 1. The minimum absolute atomic E-state index is 0.0352. The maximum Gasteiger partial charge on any atom is 0.249 e. The average molecular weight is 322 g/mol. The fourth-order valence-corrected chi connectivity index (χ4v) is 2.32. The van der Waals surface area contributed by atoms with Gasteiger partial charge in [0.25, 0.3) is 0 Å². The van der Waals surface area contributed by atoms with Crippen LogP contribution in [0.15, 0.2) is 18.3 Å². The molecule has 128 valence electrons. The summed E-state index contributed by atoms with van der Waals surface area (Å²) in [6.45, 7) is 7.24. The molecule has 0 aliphatic carbocycles. The lowest BCUT2D eigenvalue weighted by molar-refractivity contribution is -0.133. The fraction of sp³-hybridized carbons (Fsp3) is 0.647. The third-order valence-corrected chi connectivity index (χ3v) is 3.58. The number of ether oxygens (including phenoxy) is 3. The molecule has 0 saturated carbocycles. The van der Waals surface area contributed by atoms with E-state index in [1.165, 1.54) is 0 Å². The van der Waals surface area contributed by atoms with Crippen molar-refractivity contribution in [3.8, 4) is 5.88 Å². The lowest BCUT2D eigenvalue weighted by Crippen LogP contribution is -2.35. The summed E-state index contributed by atoms with van der Waals surface area (Å²) >= 11 is 0. The van der Waals surface area contributed by atoms with Gasteiger partial charge in [0.05, 0.1) is 18.8 Å². The van der Waals surface area contributed by atoms with Gasteiger partial charge in [-0.1, -0.05) is 6.07 Å². The van der Waals surface area contributed by atoms with Crippen molar-refractivity contribution in [3.63, 3.8) is 0 Å². The minimum atomic E-state index is -0.509. The standard InChI is InChI=1S/C17H26N2O4/c1-12(2)23-17-14(6-4-8-18-17)10-19-16(20)13(3)22-11-15-7-5-9-21-15/h4,6,8,12-13,15H,5,7,9-11H2,1-3H3,(H,19,20)/t13-,15+/m1/s1. The number of carbonyl (C=O) groups is 1. The van der Waals surface area contributed by atoms with Crippen LogP contribution in [0.2, 0.25) is 0 Å². The summed E-state index contributed by atoms with van der Waals surface area (Å²) < 4.78 is 16.7. The van der Waals surface area contributed by atoms with Crippen LogP contribution in [0.4, 0.5) is 0 Å². The molecular formula is C17H26N2O4. The van der Waals surface area contributed by atoms with Crippen LogP contribution in [0.3, 0.4) is 0 Å². The van der Waals surface area contributed by atoms with Gasteiger partial charge in [0, 0.05) is 24.9 Å². The zero-order chi connectivity index (χ0) is 16.7. The predicted molar refractivity (Wildman–Crippen MR) is 86.2 cm³/mol. The molecule has 1 saturated heterocycles. The molecule has 6 nitrogen and oxygen atoms in total. The molecule has 23 heavy (non-hydrogen) atoms. The number of carbonyl (C=O) groups excluding carboxylic acids is 1. The van der Waals surface area contributed by atoms with Crippen LogP contribution in [-0.4, -0.2) is 42.4 Å². The first kappa shape index (κ1) is 17.7. The smallest absolute Gasteiger partial charge is 0.249 e. The number of aromatic nitrogens is 1. The molecular weight excluding hydrogens is 296 g/mol. The van der Waals surface area contributed by atoms with E-state index >= 15 is 0 Å². The Morgan fingerprint density at radius 3 is 3.00 bits per heavy atom. The first-order chi connectivity index (χ1) is 11.1. The maximum atomic E-state index is 12.1. The molecule has 1 aromatic rings. The van der Waals surface area contributed by atoms with Gasteiger partial charge < -0.3 is 19.5 Å². The van der Waals surface area contributed by atoms with Crippen LogP contribution in [0.5, 0.6) is 5.88 Å². The van der Waals surface area contributed by atoms with E-state index in [9.17, 15) is 4.79 Å². The van der Waals surface area contributed by atoms with Crippen molar-refractivity contribution in [1.29, 1.82) is 0 Å². The normalized spacial score (nSPS) is 18.9. The highest BCUT2D eigenvalue weighted by atomic mass is 16.5. The van der Waals surface area contributed by atoms with Gasteiger partial charge in [0.15, 0.2) is 0 Å². The van der Waals surface area contributed by atoms with Crippen LogP contribution in [0.25, 0.3) is 0 Å². The second kappa shape index (κ2) is 8.84. The van der Waals surface area contributed by atoms with Crippen LogP contribution in [-0.2, 0) is 20.8 Å². The number of pyridine rings is 1. The van der Waals surface area contributed by atoms with Gasteiger partial charge in [-0.05, 0) is 39.7 Å². The molecule has 0 unspecified atom stereocenters. The highest BCUT2D eigenvalue weighted by molar-refractivity contribution is 5.80. The lowest BCUT2D eigenvalue weighted by Gasteiger charge is -2.17. The Bertz CT molecular complexity index is 501. The quantitative estimate of drug-likeness (QED) is 0.793. The third-order valence-electron chi connectivity index (χ3n) is 3.58. The van der Waals surface area contributed by atoms with Crippen LogP contribution < -0.4 is 10.1 Å². The summed E-state index contributed by atoms with van der Waals surface area (Å²) in [6.07, 6.45) is 3.39. The second-order valence-corrected chi connectivity index (χ2v) is 5.96. The van der Waals surface area contributed by atoms with Crippen molar-refractivity contribution in [2.45, 2.75) is 58.5 Å². The van der Waals surface area contributed by atoms with Crippen molar-refractivity contribution in [1.82, 2.24) is 10.3 Å². The highest BCUT2D eigenvalue weighted by Crippen LogP contribution is 2.16. The molecule has 2 atom stereocenters. The first-order valence-electron chi connectivity index (χ1n) is 8.17. The maximum absolute atomic E-state index is 12.1. The molecule has 1 aromatic heterocycles. The summed E-state index contributed by atoms with van der Waals surface area (Å²) in [5.41, 5.74) is 0.848. The van der Waals surface area contributed by atoms with Gasteiger partial charge >= 0.3 is 0 Å². The number of amides is 1. The Morgan fingerprint density at radius 2 is 2.30 bits per heavy atom. The van der Waals surface area contributed by atoms with Crippen molar-refractivity contribution in [2.24, 2.45) is 0 Å². The molecule has 0 spiro atoms. The molecule has 1 fully saturated rings. The Kier molecular flexibility index (Phi) is 6.80.